The number of nitrogens with one attached hydrogen (secondary N) is 1. The minimum absolute atomic E-state index is 0.0733. The predicted molar refractivity (Wildman–Crippen MR) is 60.4 cm³/mol. The van der Waals surface area contributed by atoms with Gasteiger partial charge in [0.25, 0.3) is 0 Å². The Hall–Kier alpha value is -2.31. The molecule has 1 aromatic carbocycles. The second-order valence-electron chi connectivity index (χ2n) is 3.89. The number of carbonyl (C=O) groups is 1. The van der Waals surface area contributed by atoms with Crippen LogP contribution >= 0.6 is 0 Å². The van der Waals surface area contributed by atoms with Gasteiger partial charge in [-0.05, 0) is 12.1 Å². The predicted octanol–water partition coefficient (Wildman–Crippen LogP) is 2.72. The van der Waals surface area contributed by atoms with Gasteiger partial charge in [0.1, 0.15) is 0 Å². The van der Waals surface area contributed by atoms with Gasteiger partial charge in [-0.25, -0.2) is 0 Å². The Balaban J connectivity index is 2.42. The molecule has 0 aliphatic rings. The van der Waals surface area contributed by atoms with Gasteiger partial charge in [0.15, 0.2) is 0 Å². The van der Waals surface area contributed by atoms with E-state index in [-0.39, 0.29) is 23.4 Å². The number of hydrogen-bond donors (Lipinski definition) is 2. The maximum Gasteiger partial charge on any atom is 0.417 e. The first-order valence-electron chi connectivity index (χ1n) is 5.30. The topological polar surface area (TPSA) is 66.0 Å². The number of hydrogen-bond acceptors (Lipinski definition) is 2. The number of alkyl halides is 3. The third-order valence-corrected chi connectivity index (χ3v) is 2.48. The summed E-state index contributed by atoms with van der Waals surface area (Å²) in [6.07, 6.45) is -4.80. The fourth-order valence-corrected chi connectivity index (χ4v) is 1.71. The van der Waals surface area contributed by atoms with Gasteiger partial charge in [-0.1, -0.05) is 18.2 Å². The van der Waals surface area contributed by atoms with Crippen LogP contribution < -0.4 is 0 Å². The summed E-state index contributed by atoms with van der Waals surface area (Å²) in [7, 11) is 0. The molecule has 0 saturated carbocycles. The van der Waals surface area contributed by atoms with Crippen LogP contribution in [0.1, 0.15) is 11.3 Å². The molecule has 0 radical (unpaired) electrons. The number of carboxylic acids is 1. The van der Waals surface area contributed by atoms with E-state index in [9.17, 15) is 18.0 Å². The Morgan fingerprint density at radius 3 is 2.63 bits per heavy atom. The van der Waals surface area contributed by atoms with Crippen LogP contribution in [0.3, 0.4) is 0 Å². The van der Waals surface area contributed by atoms with Crippen LogP contribution in [-0.4, -0.2) is 21.3 Å². The maximum atomic E-state index is 12.8. The highest BCUT2D eigenvalue weighted by Crippen LogP contribution is 2.36. The van der Waals surface area contributed by atoms with Crippen molar-refractivity contribution in [3.05, 3.63) is 41.6 Å². The molecule has 2 rings (SSSR count). The normalized spacial score (nSPS) is 11.5. The molecule has 0 saturated heterocycles. The van der Waals surface area contributed by atoms with Crippen molar-refractivity contribution in [2.24, 2.45) is 0 Å². The van der Waals surface area contributed by atoms with Gasteiger partial charge in [-0.15, -0.1) is 0 Å². The van der Waals surface area contributed by atoms with Crippen molar-refractivity contribution in [3.8, 4) is 11.3 Å². The molecule has 0 fully saturated rings. The fraction of sp³-hybridized carbons (Fsp3) is 0.167. The van der Waals surface area contributed by atoms with Gasteiger partial charge in [-0.3, -0.25) is 9.89 Å². The number of halogens is 3. The zero-order valence-electron chi connectivity index (χ0n) is 9.53. The van der Waals surface area contributed by atoms with Gasteiger partial charge in [0, 0.05) is 11.3 Å². The molecule has 4 nitrogen and oxygen atoms in total. The van der Waals surface area contributed by atoms with Crippen molar-refractivity contribution < 1.29 is 23.1 Å². The highest BCUT2D eigenvalue weighted by Gasteiger charge is 2.33. The molecule has 0 atom stereocenters. The quantitative estimate of drug-likeness (QED) is 0.901. The minimum atomic E-state index is -4.48. The maximum absolute atomic E-state index is 12.8. The van der Waals surface area contributed by atoms with E-state index in [1.54, 1.807) is 0 Å². The summed E-state index contributed by atoms with van der Waals surface area (Å²) in [5, 5.41) is 14.7. The Labute approximate surface area is 105 Å². The second-order valence-corrected chi connectivity index (χ2v) is 3.89. The fourth-order valence-electron chi connectivity index (χ4n) is 1.71. The van der Waals surface area contributed by atoms with Crippen LogP contribution in [-0.2, 0) is 17.4 Å². The van der Waals surface area contributed by atoms with E-state index in [4.69, 9.17) is 5.11 Å². The average Bonchev–Trinajstić information content (AvgIpc) is 2.75. The van der Waals surface area contributed by atoms with Crippen LogP contribution in [0.2, 0.25) is 0 Å². The molecular weight excluding hydrogens is 261 g/mol. The van der Waals surface area contributed by atoms with Gasteiger partial charge in [0.05, 0.1) is 17.7 Å². The Kier molecular flexibility index (Phi) is 3.28. The van der Waals surface area contributed by atoms with Crippen molar-refractivity contribution in [3.63, 3.8) is 0 Å². The molecule has 1 heterocycles. The number of H-pyrrole nitrogens is 1. The summed E-state index contributed by atoms with van der Waals surface area (Å²) in [5.74, 6) is -1.08. The lowest BCUT2D eigenvalue weighted by molar-refractivity contribution is -0.137. The summed E-state index contributed by atoms with van der Waals surface area (Å²) in [5.41, 5.74) is -0.560. The van der Waals surface area contributed by atoms with E-state index in [2.05, 4.69) is 10.2 Å². The highest BCUT2D eigenvalue weighted by atomic mass is 19.4. The number of rotatable bonds is 3. The van der Waals surface area contributed by atoms with Crippen LogP contribution in [0.5, 0.6) is 0 Å². The third-order valence-electron chi connectivity index (χ3n) is 2.48. The van der Waals surface area contributed by atoms with E-state index in [1.165, 1.54) is 24.3 Å². The van der Waals surface area contributed by atoms with E-state index in [0.29, 0.717) is 0 Å². The minimum Gasteiger partial charge on any atom is -0.481 e. The first-order valence-corrected chi connectivity index (χ1v) is 5.30. The third kappa shape index (κ3) is 2.93. The molecule has 0 unspecified atom stereocenters. The first-order chi connectivity index (χ1) is 8.88. The molecule has 0 amide bonds. The summed E-state index contributed by atoms with van der Waals surface area (Å²) < 4.78 is 38.5. The Bertz CT molecular complexity index is 605. The molecule has 0 aliphatic carbocycles. The summed E-state index contributed by atoms with van der Waals surface area (Å²) >= 11 is 0. The van der Waals surface area contributed by atoms with Crippen molar-refractivity contribution in [1.82, 2.24) is 10.2 Å². The monoisotopic (exact) mass is 270 g/mol. The SMILES string of the molecule is O=C(O)Cc1cc(-c2ccccc2C(F)(F)F)n[nH]1. The van der Waals surface area contributed by atoms with Crippen molar-refractivity contribution in [1.29, 1.82) is 0 Å². The number of aromatic amines is 1. The van der Waals surface area contributed by atoms with Crippen molar-refractivity contribution in [2.75, 3.05) is 0 Å². The number of benzene rings is 1. The molecule has 0 aliphatic heterocycles. The van der Waals surface area contributed by atoms with Crippen molar-refractivity contribution in [2.45, 2.75) is 12.6 Å². The molecule has 0 spiro atoms. The summed E-state index contributed by atoms with van der Waals surface area (Å²) in [6.45, 7) is 0. The number of carboxylic acid groups (broad SMARTS) is 1. The van der Waals surface area contributed by atoms with Crippen LogP contribution in [0, 0.1) is 0 Å². The van der Waals surface area contributed by atoms with Crippen molar-refractivity contribution >= 4 is 5.97 Å². The van der Waals surface area contributed by atoms with Gasteiger partial charge < -0.3 is 5.11 Å². The molecule has 2 N–H and O–H groups in total. The van der Waals surface area contributed by atoms with Crippen LogP contribution in [0.25, 0.3) is 11.3 Å². The number of aromatic nitrogens is 2. The standard InChI is InChI=1S/C12H9F3N2O2/c13-12(14,15)9-4-2-1-3-8(9)10-5-7(16-17-10)6-11(18)19/h1-5H,6H2,(H,16,17)(H,18,19). The smallest absolute Gasteiger partial charge is 0.417 e. The molecule has 7 heteroatoms. The molecular formula is C12H9F3N2O2. The molecule has 0 bridgehead atoms. The van der Waals surface area contributed by atoms with E-state index >= 15 is 0 Å². The summed E-state index contributed by atoms with van der Waals surface area (Å²) in [6, 6.07) is 6.32. The number of aliphatic carboxylic acids is 1. The van der Waals surface area contributed by atoms with Gasteiger partial charge >= 0.3 is 12.1 Å². The van der Waals surface area contributed by atoms with Gasteiger partial charge in [-0.2, -0.15) is 18.3 Å². The van der Waals surface area contributed by atoms with E-state index < -0.39 is 17.7 Å². The molecule has 19 heavy (non-hydrogen) atoms. The molecule has 2 aromatic rings. The second kappa shape index (κ2) is 4.75. The molecule has 100 valence electrons. The van der Waals surface area contributed by atoms with Gasteiger partial charge in [0.2, 0.25) is 0 Å². The van der Waals surface area contributed by atoms with E-state index in [0.717, 1.165) is 6.07 Å². The first kappa shape index (κ1) is 13.1. The lowest BCUT2D eigenvalue weighted by Crippen LogP contribution is -2.06. The Morgan fingerprint density at radius 2 is 2.00 bits per heavy atom. The highest BCUT2D eigenvalue weighted by molar-refractivity contribution is 5.71. The zero-order valence-corrected chi connectivity index (χ0v) is 9.53. The molecule has 1 aromatic heterocycles. The van der Waals surface area contributed by atoms with E-state index in [1.807, 2.05) is 0 Å². The zero-order chi connectivity index (χ0) is 14.0. The average molecular weight is 270 g/mol. The lowest BCUT2D eigenvalue weighted by atomic mass is 10.0. The number of nitrogens with zero attached hydrogens (tertiary/aromatic N) is 1. The lowest BCUT2D eigenvalue weighted by Gasteiger charge is -2.10. The largest absolute Gasteiger partial charge is 0.481 e. The Morgan fingerprint density at radius 1 is 1.32 bits per heavy atom. The summed E-state index contributed by atoms with van der Waals surface area (Å²) in [4.78, 5) is 10.5. The van der Waals surface area contributed by atoms with Crippen LogP contribution in [0.15, 0.2) is 30.3 Å². The van der Waals surface area contributed by atoms with Crippen LogP contribution in [0.4, 0.5) is 13.2 Å².